The summed E-state index contributed by atoms with van der Waals surface area (Å²) in [7, 11) is 0. The summed E-state index contributed by atoms with van der Waals surface area (Å²) in [6, 6.07) is 3.84. The first-order valence-corrected chi connectivity index (χ1v) is 6.66. The van der Waals surface area contributed by atoms with E-state index in [0.29, 0.717) is 6.54 Å². The molecule has 1 saturated heterocycles. The molecule has 2 heterocycles. The third kappa shape index (κ3) is 1.90. The SMILES string of the molecule is NCc1n[nH]c2ccc(Cl)c(C3CCCCO3)c12. The van der Waals surface area contributed by atoms with Gasteiger partial charge in [-0.05, 0) is 31.4 Å². The molecule has 1 aliphatic heterocycles. The molecule has 1 aromatic carbocycles. The number of nitrogens with two attached hydrogens (primary N) is 1. The van der Waals surface area contributed by atoms with Gasteiger partial charge in [-0.15, -0.1) is 0 Å². The van der Waals surface area contributed by atoms with Gasteiger partial charge in [0.25, 0.3) is 0 Å². The van der Waals surface area contributed by atoms with E-state index in [2.05, 4.69) is 10.2 Å². The fourth-order valence-electron chi connectivity index (χ4n) is 2.61. The Labute approximate surface area is 110 Å². The summed E-state index contributed by atoms with van der Waals surface area (Å²) in [5, 5.41) is 9.03. The second kappa shape index (κ2) is 4.88. The van der Waals surface area contributed by atoms with Crippen LogP contribution in [0.2, 0.25) is 5.02 Å². The zero-order chi connectivity index (χ0) is 12.5. The summed E-state index contributed by atoms with van der Waals surface area (Å²) in [4.78, 5) is 0. The maximum absolute atomic E-state index is 6.36. The van der Waals surface area contributed by atoms with Gasteiger partial charge in [0.15, 0.2) is 0 Å². The van der Waals surface area contributed by atoms with Crippen molar-refractivity contribution in [3.8, 4) is 0 Å². The number of hydrogen-bond acceptors (Lipinski definition) is 3. The Morgan fingerprint density at radius 2 is 2.33 bits per heavy atom. The Kier molecular flexibility index (Phi) is 3.24. The van der Waals surface area contributed by atoms with E-state index in [1.165, 1.54) is 6.42 Å². The van der Waals surface area contributed by atoms with Crippen LogP contribution in [0.3, 0.4) is 0 Å². The Balaban J connectivity index is 2.17. The number of nitrogens with one attached hydrogen (secondary N) is 1. The Morgan fingerprint density at radius 1 is 1.44 bits per heavy atom. The van der Waals surface area contributed by atoms with Crippen molar-refractivity contribution in [2.75, 3.05) is 6.61 Å². The molecule has 0 saturated carbocycles. The smallest absolute Gasteiger partial charge is 0.0846 e. The van der Waals surface area contributed by atoms with Crippen LogP contribution < -0.4 is 5.73 Å². The highest BCUT2D eigenvalue weighted by Crippen LogP contribution is 2.38. The maximum atomic E-state index is 6.36. The van der Waals surface area contributed by atoms with Crippen LogP contribution >= 0.6 is 11.6 Å². The van der Waals surface area contributed by atoms with Crippen molar-refractivity contribution in [2.24, 2.45) is 5.73 Å². The lowest BCUT2D eigenvalue weighted by Crippen LogP contribution is -2.13. The van der Waals surface area contributed by atoms with Gasteiger partial charge in [-0.1, -0.05) is 11.6 Å². The molecule has 5 heteroatoms. The van der Waals surface area contributed by atoms with Gasteiger partial charge < -0.3 is 10.5 Å². The Hall–Kier alpha value is -1.10. The van der Waals surface area contributed by atoms with Crippen LogP contribution in [0.1, 0.15) is 36.6 Å². The number of nitrogens with zero attached hydrogens (tertiary/aromatic N) is 1. The molecule has 0 bridgehead atoms. The summed E-state index contributed by atoms with van der Waals surface area (Å²) in [6.45, 7) is 1.20. The second-order valence-corrected chi connectivity index (χ2v) is 5.02. The first kappa shape index (κ1) is 12.0. The van der Waals surface area contributed by atoms with Crippen molar-refractivity contribution in [2.45, 2.75) is 31.9 Å². The second-order valence-electron chi connectivity index (χ2n) is 4.61. The molecule has 96 valence electrons. The minimum absolute atomic E-state index is 0.0675. The molecule has 1 aliphatic rings. The molecule has 0 spiro atoms. The predicted molar refractivity (Wildman–Crippen MR) is 71.5 cm³/mol. The minimum atomic E-state index is 0.0675. The highest BCUT2D eigenvalue weighted by atomic mass is 35.5. The first-order valence-electron chi connectivity index (χ1n) is 6.28. The molecule has 1 atom stereocenters. The largest absolute Gasteiger partial charge is 0.373 e. The molecular weight excluding hydrogens is 250 g/mol. The third-order valence-electron chi connectivity index (χ3n) is 3.49. The highest BCUT2D eigenvalue weighted by Gasteiger charge is 2.23. The number of H-pyrrole nitrogens is 1. The van der Waals surface area contributed by atoms with Gasteiger partial charge in [-0.25, -0.2) is 0 Å². The van der Waals surface area contributed by atoms with Crippen LogP contribution in [-0.2, 0) is 11.3 Å². The van der Waals surface area contributed by atoms with Crippen LogP contribution in [-0.4, -0.2) is 16.8 Å². The zero-order valence-electron chi connectivity index (χ0n) is 10.1. The van der Waals surface area contributed by atoms with Crippen molar-refractivity contribution in [3.05, 3.63) is 28.4 Å². The lowest BCUT2D eigenvalue weighted by Gasteiger charge is -2.24. The molecule has 3 N–H and O–H groups in total. The van der Waals surface area contributed by atoms with Gasteiger partial charge in [0.05, 0.1) is 17.3 Å². The van der Waals surface area contributed by atoms with Gasteiger partial charge in [0.2, 0.25) is 0 Å². The first-order chi connectivity index (χ1) is 8.81. The van der Waals surface area contributed by atoms with E-state index in [-0.39, 0.29) is 6.10 Å². The topological polar surface area (TPSA) is 63.9 Å². The van der Waals surface area contributed by atoms with E-state index in [1.807, 2.05) is 12.1 Å². The molecule has 4 nitrogen and oxygen atoms in total. The van der Waals surface area contributed by atoms with E-state index in [9.17, 15) is 0 Å². The summed E-state index contributed by atoms with van der Waals surface area (Å²) in [5.74, 6) is 0. The lowest BCUT2D eigenvalue weighted by atomic mass is 9.97. The van der Waals surface area contributed by atoms with Gasteiger partial charge in [-0.2, -0.15) is 5.10 Å². The quantitative estimate of drug-likeness (QED) is 0.878. The highest BCUT2D eigenvalue weighted by molar-refractivity contribution is 6.32. The standard InChI is InChI=1S/C13H16ClN3O/c14-8-4-5-9-13(10(7-15)17-16-9)12(8)11-3-1-2-6-18-11/h4-5,11H,1-3,6-7,15H2,(H,16,17). The van der Waals surface area contributed by atoms with Crippen LogP contribution in [0, 0.1) is 0 Å². The number of ether oxygens (including phenoxy) is 1. The molecule has 0 aliphatic carbocycles. The predicted octanol–water partition coefficient (Wildman–Crippen LogP) is 2.92. The summed E-state index contributed by atoms with van der Waals surface area (Å²) in [6.07, 6.45) is 3.37. The van der Waals surface area contributed by atoms with Crippen molar-refractivity contribution in [1.82, 2.24) is 10.2 Å². The van der Waals surface area contributed by atoms with Crippen molar-refractivity contribution < 1.29 is 4.74 Å². The van der Waals surface area contributed by atoms with E-state index in [0.717, 1.165) is 46.6 Å². The molecule has 18 heavy (non-hydrogen) atoms. The van der Waals surface area contributed by atoms with Crippen LogP contribution in [0.4, 0.5) is 0 Å². The molecule has 2 aromatic rings. The summed E-state index contributed by atoms with van der Waals surface area (Å²) < 4.78 is 5.85. The van der Waals surface area contributed by atoms with Crippen LogP contribution in [0.25, 0.3) is 10.9 Å². The van der Waals surface area contributed by atoms with Crippen molar-refractivity contribution in [1.29, 1.82) is 0 Å². The molecule has 1 fully saturated rings. The monoisotopic (exact) mass is 265 g/mol. The van der Waals surface area contributed by atoms with Crippen LogP contribution in [0.5, 0.6) is 0 Å². The maximum Gasteiger partial charge on any atom is 0.0846 e. The van der Waals surface area contributed by atoms with Crippen molar-refractivity contribution in [3.63, 3.8) is 0 Å². The molecule has 3 rings (SSSR count). The molecule has 0 amide bonds. The molecule has 0 radical (unpaired) electrons. The van der Waals surface area contributed by atoms with Gasteiger partial charge in [0.1, 0.15) is 0 Å². The summed E-state index contributed by atoms with van der Waals surface area (Å²) >= 11 is 6.36. The normalized spacial score (nSPS) is 20.4. The molecule has 1 unspecified atom stereocenters. The average Bonchev–Trinajstić information content (AvgIpc) is 2.82. The van der Waals surface area contributed by atoms with Gasteiger partial charge in [0, 0.05) is 29.1 Å². The van der Waals surface area contributed by atoms with Gasteiger partial charge in [-0.3, -0.25) is 5.10 Å². The molecular formula is C13H16ClN3O. The van der Waals surface area contributed by atoms with Crippen molar-refractivity contribution >= 4 is 22.5 Å². The summed E-state index contributed by atoms with van der Waals surface area (Å²) in [5.41, 5.74) is 8.62. The number of rotatable bonds is 2. The minimum Gasteiger partial charge on any atom is -0.373 e. The molecule has 1 aromatic heterocycles. The van der Waals surface area contributed by atoms with E-state index >= 15 is 0 Å². The fourth-order valence-corrected chi connectivity index (χ4v) is 2.89. The van der Waals surface area contributed by atoms with Gasteiger partial charge >= 0.3 is 0 Å². The van der Waals surface area contributed by atoms with E-state index in [1.54, 1.807) is 0 Å². The Morgan fingerprint density at radius 3 is 3.06 bits per heavy atom. The number of hydrogen-bond donors (Lipinski definition) is 2. The zero-order valence-corrected chi connectivity index (χ0v) is 10.8. The van der Waals surface area contributed by atoms with Crippen LogP contribution in [0.15, 0.2) is 12.1 Å². The van der Waals surface area contributed by atoms with E-state index in [4.69, 9.17) is 22.1 Å². The number of benzene rings is 1. The fraction of sp³-hybridized carbons (Fsp3) is 0.462. The third-order valence-corrected chi connectivity index (χ3v) is 3.82. The van der Waals surface area contributed by atoms with E-state index < -0.39 is 0 Å². The average molecular weight is 266 g/mol. The number of aromatic amines is 1. The Bertz CT molecular complexity index is 561. The number of fused-ring (bicyclic) bond motifs is 1. The number of aromatic nitrogens is 2. The number of halogens is 1. The lowest BCUT2D eigenvalue weighted by molar-refractivity contribution is 0.0159.